The van der Waals surface area contributed by atoms with Crippen molar-refractivity contribution in [3.8, 4) is 22.8 Å². The van der Waals surface area contributed by atoms with Gasteiger partial charge in [-0.15, -0.1) is 5.10 Å². The summed E-state index contributed by atoms with van der Waals surface area (Å²) in [5, 5.41) is 28.4. The maximum Gasteiger partial charge on any atom is 0.275 e. The second-order valence-corrected chi connectivity index (χ2v) is 8.00. The van der Waals surface area contributed by atoms with Crippen molar-refractivity contribution in [2.45, 2.75) is 39.8 Å². The average Bonchev–Trinajstić information content (AvgIpc) is 3.49. The Kier molecular flexibility index (Phi) is 6.22. The molecule has 0 bridgehead atoms. The van der Waals surface area contributed by atoms with Gasteiger partial charge in [0.25, 0.3) is 5.91 Å². The van der Waals surface area contributed by atoms with E-state index >= 15 is 0 Å². The number of hydrogen-bond acceptors (Lipinski definition) is 8. The molecule has 0 radical (unpaired) electrons. The highest BCUT2D eigenvalue weighted by Crippen LogP contribution is 2.24. The van der Waals surface area contributed by atoms with Crippen LogP contribution in [-0.4, -0.2) is 57.6 Å². The summed E-state index contributed by atoms with van der Waals surface area (Å²) in [6.07, 6.45) is 3.58. The standard InChI is InChI=1S/C22H25N9O2/c1-13(2)30-9-8-17(27-30)16-10-19(23-11-14(16)3)22(33)25-20-7-5-6-18(24-20)21-26-28-29-31(21)15(4)12-32/h5-11,13,15,32H,12H2,1-4H3,(H,24,25,33)/t15-/m1/s1. The Morgan fingerprint density at radius 1 is 1.18 bits per heavy atom. The van der Waals surface area contributed by atoms with Crippen LogP contribution in [0.15, 0.2) is 42.7 Å². The number of aliphatic hydroxyl groups excluding tert-OH is 1. The third kappa shape index (κ3) is 4.62. The van der Waals surface area contributed by atoms with E-state index in [4.69, 9.17) is 0 Å². The fourth-order valence-corrected chi connectivity index (χ4v) is 3.24. The highest BCUT2D eigenvalue weighted by molar-refractivity contribution is 6.03. The van der Waals surface area contributed by atoms with E-state index in [9.17, 15) is 9.90 Å². The van der Waals surface area contributed by atoms with E-state index in [0.29, 0.717) is 17.3 Å². The normalized spacial score (nSPS) is 12.2. The van der Waals surface area contributed by atoms with Gasteiger partial charge in [0.15, 0.2) is 0 Å². The second kappa shape index (κ2) is 9.25. The molecule has 4 rings (SSSR count). The minimum Gasteiger partial charge on any atom is -0.394 e. The number of aryl methyl sites for hydroxylation is 1. The molecular formula is C22H25N9O2. The number of rotatable bonds is 7. The predicted octanol–water partition coefficient (Wildman–Crippen LogP) is 2.69. The number of amides is 1. The maximum absolute atomic E-state index is 12.9. The lowest BCUT2D eigenvalue weighted by Gasteiger charge is -2.11. The van der Waals surface area contributed by atoms with Gasteiger partial charge in [-0.05, 0) is 68.0 Å². The Morgan fingerprint density at radius 2 is 2.00 bits per heavy atom. The van der Waals surface area contributed by atoms with Crippen LogP contribution in [0.4, 0.5) is 5.82 Å². The van der Waals surface area contributed by atoms with Crippen molar-refractivity contribution in [1.29, 1.82) is 0 Å². The summed E-state index contributed by atoms with van der Waals surface area (Å²) in [5.41, 5.74) is 3.26. The summed E-state index contributed by atoms with van der Waals surface area (Å²) in [7, 11) is 0. The number of aromatic nitrogens is 8. The van der Waals surface area contributed by atoms with Crippen molar-refractivity contribution in [2.75, 3.05) is 11.9 Å². The number of tetrazole rings is 1. The molecule has 11 heteroatoms. The lowest BCUT2D eigenvalue weighted by Crippen LogP contribution is -2.16. The van der Waals surface area contributed by atoms with Crippen LogP contribution in [0.3, 0.4) is 0 Å². The van der Waals surface area contributed by atoms with Crippen LogP contribution in [0.5, 0.6) is 0 Å². The van der Waals surface area contributed by atoms with Crippen LogP contribution in [0.2, 0.25) is 0 Å². The van der Waals surface area contributed by atoms with Gasteiger partial charge in [0, 0.05) is 24.0 Å². The number of nitrogens with one attached hydrogen (secondary N) is 1. The van der Waals surface area contributed by atoms with Crippen LogP contribution in [0, 0.1) is 6.92 Å². The van der Waals surface area contributed by atoms with Crippen molar-refractivity contribution >= 4 is 11.7 Å². The Hall–Kier alpha value is -3.99. The van der Waals surface area contributed by atoms with Crippen molar-refractivity contribution in [1.82, 2.24) is 40.0 Å². The minimum atomic E-state index is -0.396. The molecule has 0 aromatic carbocycles. The number of hydrogen-bond donors (Lipinski definition) is 2. The molecule has 0 fully saturated rings. The highest BCUT2D eigenvalue weighted by Gasteiger charge is 2.17. The lowest BCUT2D eigenvalue weighted by atomic mass is 10.1. The molecule has 0 saturated heterocycles. The maximum atomic E-state index is 12.9. The summed E-state index contributed by atoms with van der Waals surface area (Å²) in [5.74, 6) is 0.327. The van der Waals surface area contributed by atoms with Crippen molar-refractivity contribution in [3.05, 3.63) is 54.0 Å². The quantitative estimate of drug-likeness (QED) is 0.441. The molecule has 0 aliphatic carbocycles. The van der Waals surface area contributed by atoms with Gasteiger partial charge in [0.05, 0.1) is 18.3 Å². The molecule has 0 spiro atoms. The minimum absolute atomic E-state index is 0.120. The Morgan fingerprint density at radius 3 is 2.73 bits per heavy atom. The van der Waals surface area contributed by atoms with Crippen LogP contribution in [-0.2, 0) is 0 Å². The summed E-state index contributed by atoms with van der Waals surface area (Å²) in [4.78, 5) is 21.7. The van der Waals surface area contributed by atoms with Gasteiger partial charge in [-0.25, -0.2) is 9.67 Å². The molecule has 4 aromatic heterocycles. The van der Waals surface area contributed by atoms with Gasteiger partial charge in [-0.2, -0.15) is 5.10 Å². The first-order valence-electron chi connectivity index (χ1n) is 10.6. The van der Waals surface area contributed by atoms with Crippen LogP contribution >= 0.6 is 0 Å². The number of pyridine rings is 2. The molecule has 0 saturated carbocycles. The molecule has 33 heavy (non-hydrogen) atoms. The Bertz CT molecular complexity index is 1280. The largest absolute Gasteiger partial charge is 0.394 e. The van der Waals surface area contributed by atoms with Crippen LogP contribution in [0.25, 0.3) is 22.8 Å². The molecule has 0 aliphatic rings. The summed E-state index contributed by atoms with van der Waals surface area (Å²) < 4.78 is 3.35. The molecule has 0 aliphatic heterocycles. The fraction of sp³-hybridized carbons (Fsp3) is 0.318. The first-order chi connectivity index (χ1) is 15.9. The summed E-state index contributed by atoms with van der Waals surface area (Å²) in [6, 6.07) is 8.72. The van der Waals surface area contributed by atoms with E-state index in [2.05, 4.69) is 49.8 Å². The predicted molar refractivity (Wildman–Crippen MR) is 121 cm³/mol. The second-order valence-electron chi connectivity index (χ2n) is 8.00. The number of anilines is 1. The molecular weight excluding hydrogens is 422 g/mol. The fourth-order valence-electron chi connectivity index (χ4n) is 3.24. The topological polar surface area (TPSA) is 137 Å². The van der Waals surface area contributed by atoms with Gasteiger partial charge in [-0.1, -0.05) is 6.07 Å². The van der Waals surface area contributed by atoms with E-state index < -0.39 is 5.91 Å². The average molecular weight is 448 g/mol. The third-order valence-corrected chi connectivity index (χ3v) is 5.14. The summed E-state index contributed by atoms with van der Waals surface area (Å²) in [6.45, 7) is 7.71. The van der Waals surface area contributed by atoms with E-state index in [-0.39, 0.29) is 24.4 Å². The van der Waals surface area contributed by atoms with E-state index in [1.54, 1.807) is 37.4 Å². The Balaban J connectivity index is 1.58. The van der Waals surface area contributed by atoms with Gasteiger partial charge < -0.3 is 10.4 Å². The molecule has 170 valence electrons. The number of aliphatic hydroxyl groups is 1. The molecule has 4 aromatic rings. The number of carbonyl (C=O) groups is 1. The first kappa shape index (κ1) is 22.2. The molecule has 1 atom stereocenters. The van der Waals surface area contributed by atoms with E-state index in [1.165, 1.54) is 4.68 Å². The van der Waals surface area contributed by atoms with E-state index in [1.807, 2.05) is 23.9 Å². The van der Waals surface area contributed by atoms with Crippen LogP contribution < -0.4 is 5.32 Å². The van der Waals surface area contributed by atoms with E-state index in [0.717, 1.165) is 16.8 Å². The monoisotopic (exact) mass is 447 g/mol. The molecule has 11 nitrogen and oxygen atoms in total. The molecule has 0 unspecified atom stereocenters. The molecule has 4 heterocycles. The number of nitrogens with zero attached hydrogens (tertiary/aromatic N) is 8. The first-order valence-corrected chi connectivity index (χ1v) is 10.6. The van der Waals surface area contributed by atoms with Crippen molar-refractivity contribution < 1.29 is 9.90 Å². The molecule has 2 N–H and O–H groups in total. The summed E-state index contributed by atoms with van der Waals surface area (Å²) >= 11 is 0. The zero-order valence-electron chi connectivity index (χ0n) is 18.8. The van der Waals surface area contributed by atoms with Gasteiger partial charge in [-0.3, -0.25) is 14.5 Å². The lowest BCUT2D eigenvalue weighted by molar-refractivity contribution is 0.102. The van der Waals surface area contributed by atoms with Gasteiger partial charge in [0.2, 0.25) is 5.82 Å². The van der Waals surface area contributed by atoms with Crippen molar-refractivity contribution in [3.63, 3.8) is 0 Å². The Labute approximate surface area is 190 Å². The number of carbonyl (C=O) groups excluding carboxylic acids is 1. The van der Waals surface area contributed by atoms with Gasteiger partial charge in [0.1, 0.15) is 17.2 Å². The van der Waals surface area contributed by atoms with Crippen LogP contribution in [0.1, 0.15) is 48.9 Å². The van der Waals surface area contributed by atoms with Gasteiger partial charge >= 0.3 is 0 Å². The smallest absolute Gasteiger partial charge is 0.275 e. The zero-order valence-corrected chi connectivity index (χ0v) is 18.8. The SMILES string of the molecule is Cc1cnc(C(=O)Nc2cccc(-c3nnnn3[C@H](C)CO)n2)cc1-c1ccn(C(C)C)n1. The third-order valence-electron chi connectivity index (χ3n) is 5.14. The zero-order chi connectivity index (χ0) is 23.5. The highest BCUT2D eigenvalue weighted by atomic mass is 16.3. The van der Waals surface area contributed by atoms with Crippen molar-refractivity contribution in [2.24, 2.45) is 0 Å². The molecule has 1 amide bonds.